The molecule has 19 heavy (non-hydrogen) atoms. The van der Waals surface area contributed by atoms with Gasteiger partial charge in [0.2, 0.25) is 0 Å². The summed E-state index contributed by atoms with van der Waals surface area (Å²) in [6, 6.07) is 0. The van der Waals surface area contributed by atoms with Crippen molar-refractivity contribution in [2.24, 2.45) is 5.84 Å². The number of carbonyl (C=O) groups excluding carboxylic acids is 1. The zero-order valence-electron chi connectivity index (χ0n) is 11.0. The first kappa shape index (κ1) is 14.0. The van der Waals surface area contributed by atoms with Crippen LogP contribution in [0.15, 0.2) is 6.20 Å². The van der Waals surface area contributed by atoms with E-state index in [0.29, 0.717) is 19.7 Å². The average Bonchev–Trinajstić information content (AvgIpc) is 2.87. The number of nitrogens with two attached hydrogens (primary N) is 1. The van der Waals surface area contributed by atoms with Gasteiger partial charge < -0.3 is 9.64 Å². The minimum absolute atomic E-state index is 0.213. The maximum absolute atomic E-state index is 11.6. The van der Waals surface area contributed by atoms with E-state index in [1.54, 1.807) is 16.2 Å². The molecule has 0 aliphatic carbocycles. The maximum atomic E-state index is 11.6. The fourth-order valence-corrected chi connectivity index (χ4v) is 2.74. The summed E-state index contributed by atoms with van der Waals surface area (Å²) < 4.78 is 4.99. The molecule has 1 amide bonds. The second kappa shape index (κ2) is 6.69. The molecule has 0 bridgehead atoms. The van der Waals surface area contributed by atoms with Crippen molar-refractivity contribution < 1.29 is 9.53 Å². The molecule has 0 spiro atoms. The fourth-order valence-electron chi connectivity index (χ4n) is 1.97. The molecule has 2 heterocycles. The van der Waals surface area contributed by atoms with Gasteiger partial charge >= 0.3 is 6.09 Å². The minimum Gasteiger partial charge on any atom is -0.450 e. The number of piperazine rings is 1. The van der Waals surface area contributed by atoms with Gasteiger partial charge in [0.15, 0.2) is 5.13 Å². The molecular weight excluding hydrogens is 266 g/mol. The standard InChI is InChI=1S/C11H19N5O2S/c1-2-18-11(17)16-5-3-15(4-6-16)8-9-7-13-10(14-12)19-9/h7H,2-6,8,12H2,1H3,(H,13,14). The van der Waals surface area contributed by atoms with Crippen LogP contribution in [0.25, 0.3) is 0 Å². The van der Waals surface area contributed by atoms with Gasteiger partial charge in [0.1, 0.15) is 0 Å². The second-order valence-electron chi connectivity index (χ2n) is 4.24. The lowest BCUT2D eigenvalue weighted by molar-refractivity contribution is 0.0781. The predicted molar refractivity (Wildman–Crippen MR) is 73.8 cm³/mol. The normalized spacial score (nSPS) is 16.4. The third-order valence-corrected chi connectivity index (χ3v) is 3.87. The highest BCUT2D eigenvalue weighted by atomic mass is 32.1. The van der Waals surface area contributed by atoms with Gasteiger partial charge in [-0.1, -0.05) is 11.3 Å². The Balaban J connectivity index is 1.78. The third-order valence-electron chi connectivity index (χ3n) is 2.95. The summed E-state index contributed by atoms with van der Waals surface area (Å²) >= 11 is 1.55. The van der Waals surface area contributed by atoms with Crippen LogP contribution in [0.1, 0.15) is 11.8 Å². The lowest BCUT2D eigenvalue weighted by Crippen LogP contribution is -2.48. The highest BCUT2D eigenvalue weighted by Crippen LogP contribution is 2.19. The molecule has 8 heteroatoms. The number of nitrogen functional groups attached to an aromatic ring is 1. The Labute approximate surface area is 116 Å². The van der Waals surface area contributed by atoms with Crippen molar-refractivity contribution in [3.8, 4) is 0 Å². The van der Waals surface area contributed by atoms with E-state index in [1.807, 2.05) is 13.1 Å². The number of aromatic nitrogens is 1. The van der Waals surface area contributed by atoms with Crippen molar-refractivity contribution in [2.75, 3.05) is 38.2 Å². The fraction of sp³-hybridized carbons (Fsp3) is 0.636. The number of hydrogen-bond donors (Lipinski definition) is 2. The van der Waals surface area contributed by atoms with Crippen LogP contribution in [0, 0.1) is 0 Å². The summed E-state index contributed by atoms with van der Waals surface area (Å²) in [6.07, 6.45) is 1.62. The van der Waals surface area contributed by atoms with E-state index in [0.717, 1.165) is 29.6 Å². The van der Waals surface area contributed by atoms with Gasteiger partial charge in [-0.2, -0.15) is 0 Å². The zero-order valence-corrected chi connectivity index (χ0v) is 11.8. The van der Waals surface area contributed by atoms with E-state index in [9.17, 15) is 4.79 Å². The smallest absolute Gasteiger partial charge is 0.409 e. The Morgan fingerprint density at radius 1 is 1.53 bits per heavy atom. The molecule has 3 N–H and O–H groups in total. The summed E-state index contributed by atoms with van der Waals surface area (Å²) in [6.45, 7) is 6.20. The Morgan fingerprint density at radius 2 is 2.26 bits per heavy atom. The van der Waals surface area contributed by atoms with Gasteiger partial charge in [-0.15, -0.1) is 0 Å². The number of thiazole rings is 1. The van der Waals surface area contributed by atoms with E-state index in [-0.39, 0.29) is 6.09 Å². The molecule has 0 atom stereocenters. The topological polar surface area (TPSA) is 83.7 Å². The van der Waals surface area contributed by atoms with Gasteiger partial charge in [-0.05, 0) is 6.92 Å². The number of carbonyl (C=O) groups is 1. The van der Waals surface area contributed by atoms with Gasteiger partial charge in [0.05, 0.1) is 6.61 Å². The Kier molecular flexibility index (Phi) is 4.94. The molecule has 1 aromatic rings. The Bertz CT molecular complexity index is 417. The van der Waals surface area contributed by atoms with Crippen LogP contribution in [0.5, 0.6) is 0 Å². The SMILES string of the molecule is CCOC(=O)N1CCN(Cc2cnc(NN)s2)CC1. The predicted octanol–water partition coefficient (Wildman–Crippen LogP) is 0.703. The van der Waals surface area contributed by atoms with Crippen molar-refractivity contribution in [3.63, 3.8) is 0 Å². The Hall–Kier alpha value is -1.38. The van der Waals surface area contributed by atoms with Crippen LogP contribution < -0.4 is 11.3 Å². The molecule has 0 saturated carbocycles. The lowest BCUT2D eigenvalue weighted by Gasteiger charge is -2.33. The first-order chi connectivity index (χ1) is 9.22. The summed E-state index contributed by atoms with van der Waals surface area (Å²) in [5.41, 5.74) is 2.54. The summed E-state index contributed by atoms with van der Waals surface area (Å²) in [5.74, 6) is 5.30. The summed E-state index contributed by atoms with van der Waals surface area (Å²) in [5, 5.41) is 0.722. The molecule has 1 fully saturated rings. The molecule has 0 radical (unpaired) electrons. The lowest BCUT2D eigenvalue weighted by atomic mass is 10.3. The number of anilines is 1. The molecule has 7 nitrogen and oxygen atoms in total. The quantitative estimate of drug-likeness (QED) is 0.626. The van der Waals surface area contributed by atoms with Crippen LogP contribution in [0.3, 0.4) is 0 Å². The summed E-state index contributed by atoms with van der Waals surface area (Å²) in [7, 11) is 0. The molecule has 1 aliphatic rings. The molecular formula is C11H19N5O2S. The van der Waals surface area contributed by atoms with Gasteiger partial charge in [-0.25, -0.2) is 15.6 Å². The van der Waals surface area contributed by atoms with Crippen LogP contribution >= 0.6 is 11.3 Å². The highest BCUT2D eigenvalue weighted by molar-refractivity contribution is 7.15. The molecule has 106 valence electrons. The number of amides is 1. The van der Waals surface area contributed by atoms with Crippen LogP contribution in [0.2, 0.25) is 0 Å². The van der Waals surface area contributed by atoms with Crippen molar-refractivity contribution >= 4 is 22.6 Å². The van der Waals surface area contributed by atoms with E-state index >= 15 is 0 Å². The monoisotopic (exact) mass is 285 g/mol. The molecule has 2 rings (SSSR count). The van der Waals surface area contributed by atoms with E-state index < -0.39 is 0 Å². The Morgan fingerprint density at radius 3 is 2.84 bits per heavy atom. The molecule has 1 saturated heterocycles. The third kappa shape index (κ3) is 3.79. The number of hydrazine groups is 1. The van der Waals surface area contributed by atoms with Crippen molar-refractivity contribution in [1.82, 2.24) is 14.8 Å². The minimum atomic E-state index is -0.213. The van der Waals surface area contributed by atoms with Crippen molar-refractivity contribution in [1.29, 1.82) is 0 Å². The molecule has 0 aromatic carbocycles. The van der Waals surface area contributed by atoms with Crippen LogP contribution in [0.4, 0.5) is 9.93 Å². The highest BCUT2D eigenvalue weighted by Gasteiger charge is 2.22. The molecule has 1 aromatic heterocycles. The van der Waals surface area contributed by atoms with Crippen LogP contribution in [-0.4, -0.2) is 53.7 Å². The van der Waals surface area contributed by atoms with Gasteiger partial charge in [-0.3, -0.25) is 10.3 Å². The number of nitrogens with one attached hydrogen (secondary N) is 1. The number of ether oxygens (including phenoxy) is 1. The maximum Gasteiger partial charge on any atom is 0.409 e. The van der Waals surface area contributed by atoms with Crippen LogP contribution in [-0.2, 0) is 11.3 Å². The first-order valence-electron chi connectivity index (χ1n) is 6.28. The zero-order chi connectivity index (χ0) is 13.7. The molecule has 0 unspecified atom stereocenters. The second-order valence-corrected chi connectivity index (χ2v) is 5.35. The van der Waals surface area contributed by atoms with Crippen molar-refractivity contribution in [2.45, 2.75) is 13.5 Å². The van der Waals surface area contributed by atoms with E-state index in [2.05, 4.69) is 15.3 Å². The van der Waals surface area contributed by atoms with Crippen molar-refractivity contribution in [3.05, 3.63) is 11.1 Å². The number of hydrogen-bond acceptors (Lipinski definition) is 7. The molecule has 1 aliphatic heterocycles. The first-order valence-corrected chi connectivity index (χ1v) is 7.10. The summed E-state index contributed by atoms with van der Waals surface area (Å²) in [4.78, 5) is 20.9. The van der Waals surface area contributed by atoms with E-state index in [1.165, 1.54) is 0 Å². The van der Waals surface area contributed by atoms with Gasteiger partial charge in [0, 0.05) is 43.8 Å². The van der Waals surface area contributed by atoms with E-state index in [4.69, 9.17) is 10.6 Å². The largest absolute Gasteiger partial charge is 0.450 e. The number of nitrogens with zero attached hydrogens (tertiary/aromatic N) is 3. The van der Waals surface area contributed by atoms with Gasteiger partial charge in [0.25, 0.3) is 0 Å². The number of rotatable bonds is 4. The average molecular weight is 285 g/mol.